The number of anilines is 2. The van der Waals surface area contributed by atoms with Gasteiger partial charge in [0.15, 0.2) is 10.3 Å². The van der Waals surface area contributed by atoms with Gasteiger partial charge < -0.3 is 21.3 Å². The fourth-order valence-corrected chi connectivity index (χ4v) is 7.01. The van der Waals surface area contributed by atoms with Gasteiger partial charge in [-0.15, -0.1) is 8.80 Å². The molecule has 0 unspecified atom stereocenters. The standard InChI is InChI=1S/C20H26N6O4S4/c1-31-19(23-33(27,28)17-7-3-15(21)4-8-17)25-11-13-26(14-12-25)20(32-2)24-34(29,30)18-9-5-16(22)6-10-18/h3-10H,11-14,21-22H2,1-2H3/b23-19-,24-20-. The highest BCUT2D eigenvalue weighted by atomic mass is 32.2. The number of thioether (sulfide) groups is 2. The number of amidine groups is 2. The first kappa shape index (κ1) is 26.2. The number of nitrogens with zero attached hydrogens (tertiary/aromatic N) is 4. The molecule has 0 aromatic heterocycles. The topological polar surface area (TPSA) is 152 Å². The van der Waals surface area contributed by atoms with Gasteiger partial charge in [-0.1, -0.05) is 23.5 Å². The van der Waals surface area contributed by atoms with Crippen molar-refractivity contribution in [2.45, 2.75) is 9.79 Å². The molecule has 2 aromatic rings. The highest BCUT2D eigenvalue weighted by molar-refractivity contribution is 8.14. The van der Waals surface area contributed by atoms with Gasteiger partial charge in [0.1, 0.15) is 0 Å². The molecule has 0 spiro atoms. The Morgan fingerprint density at radius 2 is 0.971 bits per heavy atom. The summed E-state index contributed by atoms with van der Waals surface area (Å²) in [6.45, 7) is 1.83. The first-order valence-electron chi connectivity index (χ1n) is 10.0. The van der Waals surface area contributed by atoms with Crippen molar-refractivity contribution in [2.75, 3.05) is 50.2 Å². The highest BCUT2D eigenvalue weighted by Crippen LogP contribution is 2.21. The third-order valence-electron chi connectivity index (χ3n) is 4.94. The van der Waals surface area contributed by atoms with Gasteiger partial charge in [0, 0.05) is 37.6 Å². The molecule has 184 valence electrons. The quantitative estimate of drug-likeness (QED) is 0.333. The summed E-state index contributed by atoms with van der Waals surface area (Å²) in [5, 5.41) is 0.738. The molecule has 34 heavy (non-hydrogen) atoms. The molecule has 0 atom stereocenters. The zero-order valence-corrected chi connectivity index (χ0v) is 21.9. The summed E-state index contributed by atoms with van der Waals surface area (Å²) >= 11 is 2.47. The maximum atomic E-state index is 12.7. The van der Waals surface area contributed by atoms with Gasteiger partial charge in [-0.3, -0.25) is 0 Å². The molecule has 14 heteroatoms. The van der Waals surface area contributed by atoms with Crippen molar-refractivity contribution in [1.29, 1.82) is 0 Å². The Balaban J connectivity index is 1.74. The van der Waals surface area contributed by atoms with E-state index in [1.54, 1.807) is 12.5 Å². The monoisotopic (exact) mass is 542 g/mol. The lowest BCUT2D eigenvalue weighted by atomic mass is 10.3. The van der Waals surface area contributed by atoms with Gasteiger partial charge in [0.05, 0.1) is 9.79 Å². The molecule has 0 bridgehead atoms. The molecule has 1 saturated heterocycles. The maximum Gasteiger partial charge on any atom is 0.284 e. The molecule has 1 aliphatic heterocycles. The van der Waals surface area contributed by atoms with Crippen LogP contribution in [0.2, 0.25) is 0 Å². The SMILES string of the molecule is CS/C(=N\S(=O)(=O)c1ccc(N)cc1)N1CCN(/C(=N/S(=O)(=O)c2ccc(N)cc2)SC)CC1. The van der Waals surface area contributed by atoms with Crippen molar-refractivity contribution < 1.29 is 16.8 Å². The van der Waals surface area contributed by atoms with Gasteiger partial charge >= 0.3 is 0 Å². The number of nitrogen functional groups attached to an aromatic ring is 2. The van der Waals surface area contributed by atoms with E-state index in [1.807, 2.05) is 9.80 Å². The van der Waals surface area contributed by atoms with E-state index in [4.69, 9.17) is 11.5 Å². The van der Waals surface area contributed by atoms with Crippen LogP contribution in [-0.2, 0) is 20.0 Å². The fraction of sp³-hybridized carbons (Fsp3) is 0.300. The number of sulfonamides is 2. The van der Waals surface area contributed by atoms with E-state index >= 15 is 0 Å². The second-order valence-corrected chi connectivity index (χ2v) is 12.0. The summed E-state index contributed by atoms with van der Waals surface area (Å²) in [7, 11) is -7.78. The van der Waals surface area contributed by atoms with E-state index in [2.05, 4.69) is 8.80 Å². The van der Waals surface area contributed by atoms with Gasteiger partial charge in [0.2, 0.25) is 0 Å². The largest absolute Gasteiger partial charge is 0.399 e. The molecule has 4 N–H and O–H groups in total. The summed E-state index contributed by atoms with van der Waals surface area (Å²) in [4.78, 5) is 3.86. The Bertz CT molecular complexity index is 1170. The first-order valence-corrected chi connectivity index (χ1v) is 15.4. The normalized spacial score (nSPS) is 16.1. The minimum atomic E-state index is -3.89. The van der Waals surface area contributed by atoms with Crippen molar-refractivity contribution in [3.63, 3.8) is 0 Å². The summed E-state index contributed by atoms with van der Waals surface area (Å²) in [6.07, 6.45) is 3.52. The number of hydrogen-bond acceptors (Lipinski definition) is 8. The van der Waals surface area contributed by atoms with E-state index in [1.165, 1.54) is 72.1 Å². The molecule has 0 saturated carbocycles. The highest BCUT2D eigenvalue weighted by Gasteiger charge is 2.25. The van der Waals surface area contributed by atoms with Crippen LogP contribution in [0.1, 0.15) is 0 Å². The van der Waals surface area contributed by atoms with Gasteiger partial charge in [-0.25, -0.2) is 0 Å². The average molecular weight is 543 g/mol. The molecule has 0 radical (unpaired) electrons. The third-order valence-corrected chi connectivity index (χ3v) is 9.16. The third kappa shape index (κ3) is 6.37. The predicted octanol–water partition coefficient (Wildman–Crippen LogP) is 1.98. The number of hydrogen-bond donors (Lipinski definition) is 2. The van der Waals surface area contributed by atoms with Gasteiger partial charge in [-0.05, 0) is 61.0 Å². The summed E-state index contributed by atoms with van der Waals surface area (Å²) < 4.78 is 58.9. The minimum Gasteiger partial charge on any atom is -0.399 e. The van der Waals surface area contributed by atoms with E-state index in [9.17, 15) is 16.8 Å². The Labute approximate surface area is 208 Å². The van der Waals surface area contributed by atoms with Crippen molar-refractivity contribution in [2.24, 2.45) is 8.80 Å². The zero-order chi connectivity index (χ0) is 24.9. The molecule has 1 aliphatic rings. The smallest absolute Gasteiger partial charge is 0.284 e. The lowest BCUT2D eigenvalue weighted by Gasteiger charge is -2.36. The summed E-state index contributed by atoms with van der Waals surface area (Å²) in [5.74, 6) is 0. The lowest BCUT2D eigenvalue weighted by Crippen LogP contribution is -2.49. The second kappa shape index (κ2) is 10.9. The first-order chi connectivity index (χ1) is 16.1. The van der Waals surface area contributed by atoms with Crippen LogP contribution in [0, 0.1) is 0 Å². The van der Waals surface area contributed by atoms with Crippen LogP contribution in [0.15, 0.2) is 67.1 Å². The molecule has 1 heterocycles. The molecule has 0 aliphatic carbocycles. The molecule has 0 amide bonds. The average Bonchev–Trinajstić information content (AvgIpc) is 2.82. The van der Waals surface area contributed by atoms with Crippen LogP contribution in [0.4, 0.5) is 11.4 Å². The van der Waals surface area contributed by atoms with Crippen molar-refractivity contribution in [3.05, 3.63) is 48.5 Å². The van der Waals surface area contributed by atoms with Crippen LogP contribution in [0.3, 0.4) is 0 Å². The zero-order valence-electron chi connectivity index (χ0n) is 18.7. The van der Waals surface area contributed by atoms with Gasteiger partial charge in [0.25, 0.3) is 20.0 Å². The Hall–Kier alpha value is -2.42. The van der Waals surface area contributed by atoms with E-state index in [0.717, 1.165) is 0 Å². The van der Waals surface area contributed by atoms with Crippen molar-refractivity contribution >= 4 is 65.3 Å². The molecule has 2 aromatic carbocycles. The summed E-state index contributed by atoms with van der Waals surface area (Å²) in [6, 6.07) is 11.8. The molecule has 3 rings (SSSR count). The Kier molecular flexibility index (Phi) is 8.38. The van der Waals surface area contributed by atoms with Crippen LogP contribution in [-0.4, -0.2) is 75.7 Å². The lowest BCUT2D eigenvalue weighted by molar-refractivity contribution is 0.266. The van der Waals surface area contributed by atoms with Crippen LogP contribution in [0.25, 0.3) is 0 Å². The van der Waals surface area contributed by atoms with Crippen molar-refractivity contribution in [1.82, 2.24) is 9.80 Å². The molecule has 1 fully saturated rings. The van der Waals surface area contributed by atoms with Crippen LogP contribution < -0.4 is 11.5 Å². The molecular formula is C20H26N6O4S4. The number of nitrogens with two attached hydrogens (primary N) is 2. The number of piperazine rings is 1. The van der Waals surface area contributed by atoms with E-state index in [-0.39, 0.29) is 9.79 Å². The minimum absolute atomic E-state index is 0.0663. The van der Waals surface area contributed by atoms with Crippen molar-refractivity contribution in [3.8, 4) is 0 Å². The molecular weight excluding hydrogens is 517 g/mol. The Morgan fingerprint density at radius 1 is 0.676 bits per heavy atom. The maximum absolute atomic E-state index is 12.7. The van der Waals surface area contributed by atoms with Gasteiger partial charge in [-0.2, -0.15) is 16.8 Å². The number of benzene rings is 2. The fourth-order valence-electron chi connectivity index (χ4n) is 3.13. The van der Waals surface area contributed by atoms with E-state index < -0.39 is 20.0 Å². The predicted molar refractivity (Wildman–Crippen MR) is 141 cm³/mol. The van der Waals surface area contributed by atoms with E-state index in [0.29, 0.717) is 47.9 Å². The second-order valence-electron chi connectivity index (χ2n) is 7.22. The molecule has 10 nitrogen and oxygen atoms in total. The number of rotatable bonds is 4. The van der Waals surface area contributed by atoms with Crippen LogP contribution in [0.5, 0.6) is 0 Å². The Morgan fingerprint density at radius 3 is 1.24 bits per heavy atom. The van der Waals surface area contributed by atoms with Crippen LogP contribution >= 0.6 is 23.5 Å². The summed E-state index contributed by atoms with van der Waals surface area (Å²) in [5.41, 5.74) is 12.2.